The fraction of sp³-hybridized carbons (Fsp3) is 0.182. The summed E-state index contributed by atoms with van der Waals surface area (Å²) in [6.45, 7) is 9.01. The summed E-state index contributed by atoms with van der Waals surface area (Å²) in [6, 6.07) is 1.86. The van der Waals surface area contributed by atoms with Crippen LogP contribution in [0.2, 0.25) is 0 Å². The van der Waals surface area contributed by atoms with Crippen LogP contribution in [0.5, 0.6) is 0 Å². The van der Waals surface area contributed by atoms with Gasteiger partial charge in [0.1, 0.15) is 6.33 Å². The summed E-state index contributed by atoms with van der Waals surface area (Å²) in [4.78, 5) is 11.4. The first-order valence-corrected chi connectivity index (χ1v) is 4.53. The van der Waals surface area contributed by atoms with Gasteiger partial charge < -0.3 is 4.85 Å². The molecule has 0 aliphatic carbocycles. The molecule has 0 spiro atoms. The van der Waals surface area contributed by atoms with Gasteiger partial charge in [0.05, 0.1) is 12.7 Å². The van der Waals surface area contributed by atoms with Gasteiger partial charge in [-0.05, 0) is 13.0 Å². The first-order chi connectivity index (χ1) is 7.24. The Morgan fingerprint density at radius 2 is 2.00 bits per heavy atom. The Kier molecular flexibility index (Phi) is 2.22. The molecule has 0 aromatic carbocycles. The van der Waals surface area contributed by atoms with Crippen LogP contribution in [-0.4, -0.2) is 14.5 Å². The molecule has 0 fully saturated rings. The summed E-state index contributed by atoms with van der Waals surface area (Å²) in [7, 11) is 1.88. The lowest BCUT2D eigenvalue weighted by Gasteiger charge is -1.98. The topological polar surface area (TPSA) is 35.1 Å². The van der Waals surface area contributed by atoms with Gasteiger partial charge in [0.2, 0.25) is 5.82 Å². The van der Waals surface area contributed by atoms with E-state index in [2.05, 4.69) is 14.8 Å². The SMILES string of the molecule is [C-]#[N+]c1cc(-c2cncnc2)c(C)n1C. The Hall–Kier alpha value is -2.15. The lowest BCUT2D eigenvalue weighted by atomic mass is 10.1. The number of hydrogen-bond acceptors (Lipinski definition) is 2. The van der Waals surface area contributed by atoms with Gasteiger partial charge in [-0.15, -0.1) is 0 Å². The zero-order chi connectivity index (χ0) is 10.8. The normalized spacial score (nSPS) is 9.93. The van der Waals surface area contributed by atoms with E-state index in [0.717, 1.165) is 16.8 Å². The van der Waals surface area contributed by atoms with Crippen LogP contribution in [-0.2, 0) is 7.05 Å². The summed E-state index contributed by atoms with van der Waals surface area (Å²) in [5.41, 5.74) is 3.01. The van der Waals surface area contributed by atoms with E-state index in [0.29, 0.717) is 5.82 Å². The van der Waals surface area contributed by atoms with Crippen LogP contribution < -0.4 is 0 Å². The van der Waals surface area contributed by atoms with Gasteiger partial charge in [-0.2, -0.15) is 0 Å². The van der Waals surface area contributed by atoms with E-state index >= 15 is 0 Å². The highest BCUT2D eigenvalue weighted by molar-refractivity contribution is 5.70. The Bertz CT molecular complexity index is 520. The molecule has 4 nitrogen and oxygen atoms in total. The number of aromatic nitrogens is 3. The standard InChI is InChI=1S/C11H10N4/c1-8-10(4-11(12-2)15(8)3)9-5-13-7-14-6-9/h4-7H,1,3H3. The van der Waals surface area contributed by atoms with E-state index in [-0.39, 0.29) is 0 Å². The second kappa shape index (κ2) is 3.54. The monoisotopic (exact) mass is 198 g/mol. The molecule has 2 aromatic rings. The van der Waals surface area contributed by atoms with Gasteiger partial charge in [0, 0.05) is 23.5 Å². The summed E-state index contributed by atoms with van der Waals surface area (Å²) in [5, 5.41) is 0. The highest BCUT2D eigenvalue weighted by atomic mass is 15.0. The zero-order valence-electron chi connectivity index (χ0n) is 8.60. The fourth-order valence-corrected chi connectivity index (χ4v) is 1.52. The predicted molar refractivity (Wildman–Crippen MR) is 57.4 cm³/mol. The quantitative estimate of drug-likeness (QED) is 0.659. The van der Waals surface area contributed by atoms with Crippen LogP contribution in [0.25, 0.3) is 16.0 Å². The first-order valence-electron chi connectivity index (χ1n) is 4.53. The summed E-state index contributed by atoms with van der Waals surface area (Å²) in [6.07, 6.45) is 5.00. The summed E-state index contributed by atoms with van der Waals surface area (Å²) >= 11 is 0. The van der Waals surface area contributed by atoms with Gasteiger partial charge in [-0.25, -0.2) is 9.97 Å². The fourth-order valence-electron chi connectivity index (χ4n) is 1.52. The number of hydrogen-bond donors (Lipinski definition) is 0. The predicted octanol–water partition coefficient (Wildman–Crippen LogP) is 2.34. The van der Waals surface area contributed by atoms with E-state index in [1.165, 1.54) is 6.33 Å². The molecule has 15 heavy (non-hydrogen) atoms. The van der Waals surface area contributed by atoms with Crippen LogP contribution in [0.15, 0.2) is 24.8 Å². The van der Waals surface area contributed by atoms with Crippen molar-refractivity contribution >= 4 is 5.82 Å². The van der Waals surface area contributed by atoms with Crippen molar-refractivity contribution in [3.05, 3.63) is 41.9 Å². The van der Waals surface area contributed by atoms with Crippen LogP contribution in [0, 0.1) is 13.5 Å². The van der Waals surface area contributed by atoms with Crippen molar-refractivity contribution in [1.29, 1.82) is 0 Å². The molecule has 0 radical (unpaired) electrons. The molecule has 2 rings (SSSR count). The van der Waals surface area contributed by atoms with Crippen molar-refractivity contribution < 1.29 is 0 Å². The third-order valence-electron chi connectivity index (χ3n) is 2.50. The van der Waals surface area contributed by atoms with Crippen molar-refractivity contribution in [2.45, 2.75) is 6.92 Å². The minimum Gasteiger partial charge on any atom is -0.364 e. The van der Waals surface area contributed by atoms with E-state index in [1.807, 2.05) is 24.6 Å². The third-order valence-corrected chi connectivity index (χ3v) is 2.50. The molecule has 0 saturated heterocycles. The maximum atomic E-state index is 7.03. The van der Waals surface area contributed by atoms with E-state index in [1.54, 1.807) is 12.4 Å². The van der Waals surface area contributed by atoms with Crippen molar-refractivity contribution in [2.24, 2.45) is 7.05 Å². The summed E-state index contributed by atoms with van der Waals surface area (Å²) < 4.78 is 1.87. The highest BCUT2D eigenvalue weighted by Crippen LogP contribution is 2.29. The summed E-state index contributed by atoms with van der Waals surface area (Å²) in [5.74, 6) is 0.631. The van der Waals surface area contributed by atoms with Gasteiger partial charge in [0.15, 0.2) is 0 Å². The number of rotatable bonds is 1. The van der Waals surface area contributed by atoms with E-state index in [4.69, 9.17) is 6.57 Å². The van der Waals surface area contributed by atoms with Gasteiger partial charge in [-0.1, -0.05) is 6.57 Å². The molecular weight excluding hydrogens is 188 g/mol. The first kappa shape index (κ1) is 9.41. The molecule has 0 N–H and O–H groups in total. The van der Waals surface area contributed by atoms with Crippen molar-refractivity contribution in [1.82, 2.24) is 14.5 Å². The molecule has 0 saturated carbocycles. The average Bonchev–Trinajstić information content (AvgIpc) is 2.57. The van der Waals surface area contributed by atoms with Crippen LogP contribution in [0.3, 0.4) is 0 Å². The lowest BCUT2D eigenvalue weighted by Crippen LogP contribution is -1.90. The van der Waals surface area contributed by atoms with E-state index < -0.39 is 0 Å². The number of nitrogens with zero attached hydrogens (tertiary/aromatic N) is 4. The average molecular weight is 198 g/mol. The van der Waals surface area contributed by atoms with Crippen LogP contribution in [0.4, 0.5) is 5.82 Å². The van der Waals surface area contributed by atoms with Gasteiger partial charge in [-0.3, -0.25) is 4.57 Å². The molecule has 0 aliphatic heterocycles. The van der Waals surface area contributed by atoms with Crippen LogP contribution >= 0.6 is 0 Å². The molecular formula is C11H10N4. The second-order valence-electron chi connectivity index (χ2n) is 3.30. The van der Waals surface area contributed by atoms with Gasteiger partial charge in [0.25, 0.3) is 0 Å². The largest absolute Gasteiger partial charge is 0.364 e. The lowest BCUT2D eigenvalue weighted by molar-refractivity contribution is 0.900. The molecule has 0 aliphatic rings. The Morgan fingerprint density at radius 3 is 2.53 bits per heavy atom. The second-order valence-corrected chi connectivity index (χ2v) is 3.30. The molecule has 0 bridgehead atoms. The van der Waals surface area contributed by atoms with Crippen molar-refractivity contribution in [2.75, 3.05) is 0 Å². The minimum atomic E-state index is 0.631. The molecule has 0 unspecified atom stereocenters. The van der Waals surface area contributed by atoms with E-state index in [9.17, 15) is 0 Å². The molecule has 2 heterocycles. The van der Waals surface area contributed by atoms with Crippen molar-refractivity contribution in [3.8, 4) is 11.1 Å². The van der Waals surface area contributed by atoms with Crippen LogP contribution in [0.1, 0.15) is 5.69 Å². The molecule has 4 heteroatoms. The minimum absolute atomic E-state index is 0.631. The highest BCUT2D eigenvalue weighted by Gasteiger charge is 2.11. The van der Waals surface area contributed by atoms with Gasteiger partial charge >= 0.3 is 0 Å². The molecule has 0 atom stereocenters. The smallest absolute Gasteiger partial charge is 0.230 e. The Labute approximate surface area is 88.0 Å². The molecule has 74 valence electrons. The van der Waals surface area contributed by atoms with Crippen molar-refractivity contribution in [3.63, 3.8) is 0 Å². The Morgan fingerprint density at radius 1 is 1.33 bits per heavy atom. The molecule has 2 aromatic heterocycles. The maximum Gasteiger partial charge on any atom is 0.230 e. The zero-order valence-corrected chi connectivity index (χ0v) is 8.60. The third kappa shape index (κ3) is 1.48. The maximum absolute atomic E-state index is 7.03. The Balaban J connectivity index is 2.61. The molecule has 0 amide bonds.